The molecule has 2 N–H and O–H groups in total. The molecular formula is C15H31N3O. The minimum Gasteiger partial charge on any atom is -0.340 e. The van der Waals surface area contributed by atoms with Gasteiger partial charge in [0.25, 0.3) is 0 Å². The van der Waals surface area contributed by atoms with Crippen LogP contribution in [-0.2, 0) is 4.79 Å². The Morgan fingerprint density at radius 1 is 1.11 bits per heavy atom. The largest absolute Gasteiger partial charge is 0.340 e. The summed E-state index contributed by atoms with van der Waals surface area (Å²) in [5.41, 5.74) is 5.78. The second-order valence-corrected chi connectivity index (χ2v) is 6.45. The Morgan fingerprint density at radius 2 is 1.68 bits per heavy atom. The molecule has 0 aromatic heterocycles. The third kappa shape index (κ3) is 5.49. The monoisotopic (exact) mass is 269 g/mol. The van der Waals surface area contributed by atoms with E-state index < -0.39 is 0 Å². The lowest BCUT2D eigenvalue weighted by atomic mass is 9.93. The van der Waals surface area contributed by atoms with Gasteiger partial charge in [0.15, 0.2) is 0 Å². The minimum absolute atomic E-state index is 0.291. The van der Waals surface area contributed by atoms with Crippen molar-refractivity contribution >= 4 is 5.91 Å². The minimum atomic E-state index is 0.291. The Balaban J connectivity index is 2.38. The highest BCUT2D eigenvalue weighted by molar-refractivity contribution is 5.76. The topological polar surface area (TPSA) is 49.6 Å². The molecule has 1 fully saturated rings. The zero-order chi connectivity index (χ0) is 14.4. The third-order valence-electron chi connectivity index (χ3n) is 4.00. The van der Waals surface area contributed by atoms with Gasteiger partial charge in [0.1, 0.15) is 0 Å². The summed E-state index contributed by atoms with van der Waals surface area (Å²) in [6.07, 6.45) is 1.67. The van der Waals surface area contributed by atoms with Crippen molar-refractivity contribution in [1.82, 2.24) is 9.80 Å². The number of nitrogens with two attached hydrogens (primary N) is 1. The molecule has 0 unspecified atom stereocenters. The van der Waals surface area contributed by atoms with Gasteiger partial charge >= 0.3 is 0 Å². The van der Waals surface area contributed by atoms with E-state index in [1.807, 2.05) is 4.90 Å². The van der Waals surface area contributed by atoms with Gasteiger partial charge in [-0.25, -0.2) is 0 Å². The van der Waals surface area contributed by atoms with Crippen LogP contribution in [0, 0.1) is 11.8 Å². The third-order valence-corrected chi connectivity index (χ3v) is 4.00. The van der Waals surface area contributed by atoms with E-state index in [1.54, 1.807) is 0 Å². The first-order valence-corrected chi connectivity index (χ1v) is 7.66. The van der Waals surface area contributed by atoms with Gasteiger partial charge in [-0.3, -0.25) is 9.69 Å². The van der Waals surface area contributed by atoms with Crippen molar-refractivity contribution in [3.8, 4) is 0 Å². The van der Waals surface area contributed by atoms with E-state index in [0.29, 0.717) is 36.8 Å². The summed E-state index contributed by atoms with van der Waals surface area (Å²) in [5, 5.41) is 0. The molecule has 1 rings (SSSR count). The summed E-state index contributed by atoms with van der Waals surface area (Å²) in [5.74, 6) is 1.24. The summed E-state index contributed by atoms with van der Waals surface area (Å²) >= 11 is 0. The van der Waals surface area contributed by atoms with Gasteiger partial charge in [0, 0.05) is 38.6 Å². The van der Waals surface area contributed by atoms with Crippen molar-refractivity contribution in [2.75, 3.05) is 32.7 Å². The van der Waals surface area contributed by atoms with E-state index in [-0.39, 0.29) is 0 Å². The molecule has 0 saturated carbocycles. The van der Waals surface area contributed by atoms with Crippen molar-refractivity contribution in [2.24, 2.45) is 17.6 Å². The predicted molar refractivity (Wildman–Crippen MR) is 79.9 cm³/mol. The van der Waals surface area contributed by atoms with Gasteiger partial charge in [0.05, 0.1) is 0 Å². The van der Waals surface area contributed by atoms with Gasteiger partial charge in [-0.05, 0) is 38.6 Å². The molecule has 0 aromatic rings. The molecule has 0 aromatic carbocycles. The molecule has 0 radical (unpaired) electrons. The zero-order valence-corrected chi connectivity index (χ0v) is 13.1. The quantitative estimate of drug-likeness (QED) is 0.796. The number of rotatable bonds is 6. The highest BCUT2D eigenvalue weighted by Crippen LogP contribution is 2.16. The molecule has 4 nitrogen and oxygen atoms in total. The molecule has 1 aliphatic rings. The zero-order valence-electron chi connectivity index (χ0n) is 13.1. The number of carbonyl (C=O) groups excluding carboxylic acids is 1. The summed E-state index contributed by atoms with van der Waals surface area (Å²) < 4.78 is 0. The molecule has 112 valence electrons. The number of hydrogen-bond donors (Lipinski definition) is 1. The normalized spacial score (nSPS) is 19.2. The molecule has 0 aliphatic carbocycles. The van der Waals surface area contributed by atoms with E-state index in [0.717, 1.165) is 32.6 Å². The molecule has 0 spiro atoms. The molecule has 1 saturated heterocycles. The highest BCUT2D eigenvalue weighted by Gasteiger charge is 2.24. The van der Waals surface area contributed by atoms with E-state index in [2.05, 4.69) is 32.6 Å². The van der Waals surface area contributed by atoms with Crippen LogP contribution in [0.1, 0.15) is 40.5 Å². The summed E-state index contributed by atoms with van der Waals surface area (Å²) in [4.78, 5) is 16.7. The van der Waals surface area contributed by atoms with E-state index in [9.17, 15) is 4.79 Å². The average Bonchev–Trinajstić information content (AvgIpc) is 2.37. The Labute approximate surface area is 118 Å². The van der Waals surface area contributed by atoms with Crippen molar-refractivity contribution in [1.29, 1.82) is 0 Å². The van der Waals surface area contributed by atoms with E-state index in [4.69, 9.17) is 5.73 Å². The standard InChI is InChI=1S/C15H31N3O/c1-12(2)9-14(11-16)10-15(19)18-7-5-17(6-8-18)13(3)4/h12-14H,5-11,16H2,1-4H3/t14-/m0/s1. The smallest absolute Gasteiger partial charge is 0.222 e. The Kier molecular flexibility index (Phi) is 6.80. The molecule has 1 heterocycles. The number of nitrogens with zero attached hydrogens (tertiary/aromatic N) is 2. The Bertz CT molecular complexity index is 271. The molecule has 4 heteroatoms. The second kappa shape index (κ2) is 7.85. The number of carbonyl (C=O) groups is 1. The van der Waals surface area contributed by atoms with Crippen LogP contribution in [0.4, 0.5) is 0 Å². The van der Waals surface area contributed by atoms with Crippen LogP contribution in [0.2, 0.25) is 0 Å². The first kappa shape index (κ1) is 16.4. The first-order valence-electron chi connectivity index (χ1n) is 7.66. The first-order chi connectivity index (χ1) is 8.93. The maximum Gasteiger partial charge on any atom is 0.222 e. The molecule has 1 amide bonds. The van der Waals surface area contributed by atoms with E-state index in [1.165, 1.54) is 0 Å². The summed E-state index contributed by atoms with van der Waals surface area (Å²) in [6.45, 7) is 13.2. The average molecular weight is 269 g/mol. The van der Waals surface area contributed by atoms with Crippen LogP contribution in [0.3, 0.4) is 0 Å². The maximum absolute atomic E-state index is 12.3. The van der Waals surface area contributed by atoms with Crippen LogP contribution in [0.25, 0.3) is 0 Å². The lowest BCUT2D eigenvalue weighted by Gasteiger charge is -2.37. The van der Waals surface area contributed by atoms with Gasteiger partial charge in [-0.15, -0.1) is 0 Å². The van der Waals surface area contributed by atoms with Crippen LogP contribution >= 0.6 is 0 Å². The lowest BCUT2D eigenvalue weighted by molar-refractivity contribution is -0.134. The van der Waals surface area contributed by atoms with Crippen LogP contribution in [0.15, 0.2) is 0 Å². The summed E-state index contributed by atoms with van der Waals surface area (Å²) in [7, 11) is 0. The molecule has 0 bridgehead atoms. The maximum atomic E-state index is 12.3. The number of amides is 1. The molecular weight excluding hydrogens is 238 g/mol. The Hall–Kier alpha value is -0.610. The fraction of sp³-hybridized carbons (Fsp3) is 0.933. The van der Waals surface area contributed by atoms with Crippen LogP contribution in [-0.4, -0.2) is 54.5 Å². The lowest BCUT2D eigenvalue weighted by Crippen LogP contribution is -2.51. The van der Waals surface area contributed by atoms with Gasteiger partial charge < -0.3 is 10.6 Å². The predicted octanol–water partition coefficient (Wildman–Crippen LogP) is 1.55. The second-order valence-electron chi connectivity index (χ2n) is 6.45. The molecule has 19 heavy (non-hydrogen) atoms. The van der Waals surface area contributed by atoms with Crippen molar-refractivity contribution in [3.63, 3.8) is 0 Å². The number of hydrogen-bond acceptors (Lipinski definition) is 3. The van der Waals surface area contributed by atoms with Gasteiger partial charge in [-0.2, -0.15) is 0 Å². The number of piperazine rings is 1. The van der Waals surface area contributed by atoms with Crippen LogP contribution < -0.4 is 5.73 Å². The fourth-order valence-electron chi connectivity index (χ4n) is 2.79. The van der Waals surface area contributed by atoms with Crippen LogP contribution in [0.5, 0.6) is 0 Å². The summed E-state index contributed by atoms with van der Waals surface area (Å²) in [6, 6.07) is 0.579. The van der Waals surface area contributed by atoms with E-state index >= 15 is 0 Å². The Morgan fingerprint density at radius 3 is 2.11 bits per heavy atom. The van der Waals surface area contributed by atoms with Crippen molar-refractivity contribution in [3.05, 3.63) is 0 Å². The molecule has 1 aliphatic heterocycles. The van der Waals surface area contributed by atoms with Crippen molar-refractivity contribution in [2.45, 2.75) is 46.6 Å². The molecule has 1 atom stereocenters. The highest BCUT2D eigenvalue weighted by atomic mass is 16.2. The van der Waals surface area contributed by atoms with Gasteiger partial charge in [0.2, 0.25) is 5.91 Å². The SMILES string of the molecule is CC(C)C[C@H](CN)CC(=O)N1CCN(C(C)C)CC1. The van der Waals surface area contributed by atoms with Gasteiger partial charge in [-0.1, -0.05) is 13.8 Å². The fourth-order valence-corrected chi connectivity index (χ4v) is 2.79. The van der Waals surface area contributed by atoms with Crippen molar-refractivity contribution < 1.29 is 4.79 Å².